The van der Waals surface area contributed by atoms with Crippen molar-refractivity contribution in [3.8, 4) is 0 Å². The molecule has 0 saturated carbocycles. The van der Waals surface area contributed by atoms with Crippen LogP contribution in [0.25, 0.3) is 0 Å². The Hall–Kier alpha value is -2.25. The van der Waals surface area contributed by atoms with Gasteiger partial charge in [0.25, 0.3) is 0 Å². The van der Waals surface area contributed by atoms with Gasteiger partial charge in [-0.05, 0) is 47.5 Å². The molecule has 0 spiro atoms. The number of methoxy groups -OCH3 is 1. The number of unbranched alkanes of at least 4 members (excludes halogenated alkanes) is 1. The monoisotopic (exact) mass is 418 g/mol. The summed E-state index contributed by atoms with van der Waals surface area (Å²) in [5.41, 5.74) is 1.96. The molecule has 5 nitrogen and oxygen atoms in total. The van der Waals surface area contributed by atoms with Crippen LogP contribution in [0.3, 0.4) is 0 Å². The maximum atomic E-state index is 13.5. The molecule has 1 aliphatic rings. The number of nitrogens with zero attached hydrogens (tertiary/aromatic N) is 2. The number of carbonyl (C=O) groups excluding carboxylic acids is 2. The van der Waals surface area contributed by atoms with Crippen LogP contribution in [0.5, 0.6) is 0 Å². The van der Waals surface area contributed by atoms with Crippen LogP contribution in [-0.2, 0) is 20.7 Å². The van der Waals surface area contributed by atoms with Gasteiger partial charge in [0.05, 0.1) is 12.6 Å². The van der Waals surface area contributed by atoms with Gasteiger partial charge in [-0.15, -0.1) is 11.3 Å². The van der Waals surface area contributed by atoms with Crippen molar-refractivity contribution in [2.75, 3.05) is 33.4 Å². The van der Waals surface area contributed by atoms with Crippen LogP contribution >= 0.6 is 11.3 Å². The largest absolute Gasteiger partial charge is 0.375 e. The summed E-state index contributed by atoms with van der Waals surface area (Å²) in [5, 5.41) is 2.03. The molecule has 0 radical (unpaired) electrons. The van der Waals surface area contributed by atoms with Crippen LogP contribution in [0.1, 0.15) is 41.8 Å². The molecule has 0 unspecified atom stereocenters. The average Bonchev–Trinajstić information content (AvgIpc) is 3.20. The molecule has 156 valence electrons. The smallest absolute Gasteiger partial charge is 0.249 e. The molecule has 2 amide bonds. The van der Waals surface area contributed by atoms with Crippen molar-refractivity contribution in [3.05, 3.63) is 57.5 Å². The fraction of sp³-hybridized carbons (Fsp3) is 0.455. The SMILES string of the molecule is CCCCN(CC(=O)N1CCc2sccc2[C@@H]1c1ccc(F)cc1)C(=O)COC. The highest BCUT2D eigenvalue weighted by Gasteiger charge is 2.33. The van der Waals surface area contributed by atoms with Crippen molar-refractivity contribution in [2.24, 2.45) is 0 Å². The second-order valence-corrected chi connectivity index (χ2v) is 8.19. The van der Waals surface area contributed by atoms with E-state index in [1.807, 2.05) is 23.3 Å². The van der Waals surface area contributed by atoms with Crippen LogP contribution in [0.4, 0.5) is 4.39 Å². The number of amides is 2. The molecule has 1 aliphatic heterocycles. The molecule has 1 aromatic carbocycles. The van der Waals surface area contributed by atoms with Gasteiger partial charge in [-0.1, -0.05) is 25.5 Å². The molecule has 0 aliphatic carbocycles. The Balaban J connectivity index is 1.85. The van der Waals surface area contributed by atoms with Crippen molar-refractivity contribution in [3.63, 3.8) is 0 Å². The van der Waals surface area contributed by atoms with Gasteiger partial charge in [-0.3, -0.25) is 9.59 Å². The van der Waals surface area contributed by atoms with E-state index in [1.165, 1.54) is 24.1 Å². The molecule has 7 heteroatoms. The quantitative estimate of drug-likeness (QED) is 0.658. The second-order valence-electron chi connectivity index (χ2n) is 7.19. The maximum Gasteiger partial charge on any atom is 0.249 e. The van der Waals surface area contributed by atoms with Crippen molar-refractivity contribution in [1.82, 2.24) is 9.80 Å². The first kappa shape index (κ1) is 21.5. The minimum absolute atomic E-state index is 0.0271. The highest BCUT2D eigenvalue weighted by atomic mass is 32.1. The fourth-order valence-electron chi connectivity index (χ4n) is 3.70. The molecule has 0 saturated heterocycles. The summed E-state index contributed by atoms with van der Waals surface area (Å²) >= 11 is 1.68. The lowest BCUT2D eigenvalue weighted by Gasteiger charge is -2.37. The molecule has 3 rings (SSSR count). The van der Waals surface area contributed by atoms with Crippen molar-refractivity contribution in [1.29, 1.82) is 0 Å². The van der Waals surface area contributed by atoms with E-state index in [0.717, 1.165) is 30.4 Å². The molecule has 29 heavy (non-hydrogen) atoms. The average molecular weight is 419 g/mol. The number of rotatable bonds is 8. The van der Waals surface area contributed by atoms with Crippen LogP contribution < -0.4 is 0 Å². The zero-order valence-corrected chi connectivity index (χ0v) is 17.7. The van der Waals surface area contributed by atoms with E-state index in [4.69, 9.17) is 4.74 Å². The minimum Gasteiger partial charge on any atom is -0.375 e. The summed E-state index contributed by atoms with van der Waals surface area (Å²) in [6.07, 6.45) is 2.56. The van der Waals surface area contributed by atoms with Crippen LogP contribution in [0, 0.1) is 5.82 Å². The van der Waals surface area contributed by atoms with E-state index >= 15 is 0 Å². The highest BCUT2D eigenvalue weighted by Crippen LogP contribution is 2.37. The van der Waals surface area contributed by atoms with Gasteiger partial charge >= 0.3 is 0 Å². The standard InChI is InChI=1S/C22H27FN2O3S/c1-3-4-11-24(21(27)15-28-2)14-20(26)25-12-9-19-18(10-13-29-19)22(25)16-5-7-17(23)8-6-16/h5-8,10,13,22H,3-4,9,11-12,14-15H2,1-2H3/t22-/m0/s1. The van der Waals surface area contributed by atoms with E-state index in [-0.39, 0.29) is 36.8 Å². The Morgan fingerprint density at radius 3 is 2.72 bits per heavy atom. The number of carbonyl (C=O) groups is 2. The number of benzene rings is 1. The first-order valence-corrected chi connectivity index (χ1v) is 10.8. The van der Waals surface area contributed by atoms with Crippen LogP contribution in [-0.4, -0.2) is 55.0 Å². The van der Waals surface area contributed by atoms with Gasteiger partial charge in [0.1, 0.15) is 12.4 Å². The summed E-state index contributed by atoms with van der Waals surface area (Å²) in [6.45, 7) is 3.15. The molecular weight excluding hydrogens is 391 g/mol. The Morgan fingerprint density at radius 2 is 2.03 bits per heavy atom. The Labute approximate surface area is 175 Å². The first-order chi connectivity index (χ1) is 14.0. The van der Waals surface area contributed by atoms with E-state index in [9.17, 15) is 14.0 Å². The number of fused-ring (bicyclic) bond motifs is 1. The molecule has 0 bridgehead atoms. The van der Waals surface area contributed by atoms with Gasteiger partial charge < -0.3 is 14.5 Å². The third-order valence-corrected chi connectivity index (χ3v) is 6.20. The van der Waals surface area contributed by atoms with E-state index in [1.54, 1.807) is 28.4 Å². The lowest BCUT2D eigenvalue weighted by molar-refractivity contribution is -0.143. The highest BCUT2D eigenvalue weighted by molar-refractivity contribution is 7.10. The summed E-state index contributed by atoms with van der Waals surface area (Å²) < 4.78 is 18.4. The second kappa shape index (κ2) is 9.98. The first-order valence-electron chi connectivity index (χ1n) is 9.93. The lowest BCUT2D eigenvalue weighted by Crippen LogP contribution is -2.47. The van der Waals surface area contributed by atoms with Gasteiger partial charge in [0.2, 0.25) is 11.8 Å². The van der Waals surface area contributed by atoms with Gasteiger partial charge in [-0.2, -0.15) is 0 Å². The van der Waals surface area contributed by atoms with E-state index in [2.05, 4.69) is 0 Å². The number of hydrogen-bond donors (Lipinski definition) is 0. The van der Waals surface area contributed by atoms with Crippen molar-refractivity contribution >= 4 is 23.2 Å². The molecule has 0 fully saturated rings. The molecule has 0 N–H and O–H groups in total. The molecular formula is C22H27FN2O3S. The molecule has 1 aromatic heterocycles. The summed E-state index contributed by atoms with van der Waals surface area (Å²) in [4.78, 5) is 30.3. The zero-order valence-electron chi connectivity index (χ0n) is 16.9. The molecule has 2 aromatic rings. The molecule has 2 heterocycles. The summed E-state index contributed by atoms with van der Waals surface area (Å²) in [7, 11) is 1.48. The molecule has 1 atom stereocenters. The Bertz CT molecular complexity index is 837. The number of ether oxygens (including phenoxy) is 1. The van der Waals surface area contributed by atoms with Gasteiger partial charge in [0.15, 0.2) is 0 Å². The third-order valence-electron chi connectivity index (χ3n) is 5.20. The van der Waals surface area contributed by atoms with Crippen LogP contribution in [0.15, 0.2) is 35.7 Å². The topological polar surface area (TPSA) is 49.9 Å². The van der Waals surface area contributed by atoms with Crippen LogP contribution in [0.2, 0.25) is 0 Å². The number of thiophene rings is 1. The fourth-order valence-corrected chi connectivity index (χ4v) is 4.60. The summed E-state index contributed by atoms with van der Waals surface area (Å²) in [6, 6.07) is 8.10. The minimum atomic E-state index is -0.302. The lowest BCUT2D eigenvalue weighted by atomic mass is 9.93. The Morgan fingerprint density at radius 1 is 1.28 bits per heavy atom. The van der Waals surface area contributed by atoms with Crippen molar-refractivity contribution < 1.29 is 18.7 Å². The normalized spacial score (nSPS) is 15.8. The number of halogens is 1. The number of hydrogen-bond acceptors (Lipinski definition) is 4. The van der Waals surface area contributed by atoms with Gasteiger partial charge in [0, 0.05) is 25.1 Å². The predicted octanol–water partition coefficient (Wildman–Crippen LogP) is 3.64. The van der Waals surface area contributed by atoms with Gasteiger partial charge in [-0.25, -0.2) is 4.39 Å². The Kier molecular flexibility index (Phi) is 7.39. The summed E-state index contributed by atoms with van der Waals surface area (Å²) in [5.74, 6) is -0.582. The zero-order chi connectivity index (χ0) is 20.8. The van der Waals surface area contributed by atoms with Crippen molar-refractivity contribution in [2.45, 2.75) is 32.2 Å². The maximum absolute atomic E-state index is 13.5. The van der Waals surface area contributed by atoms with E-state index in [0.29, 0.717) is 13.1 Å². The predicted molar refractivity (Wildman–Crippen MR) is 111 cm³/mol. The third kappa shape index (κ3) is 5.03. The van der Waals surface area contributed by atoms with E-state index < -0.39 is 0 Å².